The van der Waals surface area contributed by atoms with Crippen molar-refractivity contribution in [2.45, 2.75) is 6.54 Å². The molecule has 2 aromatic carbocycles. The number of rotatable bonds is 7. The fourth-order valence-electron chi connectivity index (χ4n) is 2.86. The van der Waals surface area contributed by atoms with E-state index in [2.05, 4.69) is 5.32 Å². The van der Waals surface area contributed by atoms with Gasteiger partial charge < -0.3 is 24.1 Å². The fourth-order valence-corrected chi connectivity index (χ4v) is 2.86. The third-order valence-electron chi connectivity index (χ3n) is 4.39. The van der Waals surface area contributed by atoms with Crippen LogP contribution in [0.2, 0.25) is 0 Å². The molecule has 1 aromatic heterocycles. The SMILES string of the molecule is COc1cccc(Cn2cc(C(=O)Nc3cc(OC)ccc3OC)ccc2=O)c1. The van der Waals surface area contributed by atoms with Gasteiger partial charge in [0.15, 0.2) is 0 Å². The van der Waals surface area contributed by atoms with Gasteiger partial charge in [-0.3, -0.25) is 9.59 Å². The normalized spacial score (nSPS) is 10.3. The Balaban J connectivity index is 1.85. The largest absolute Gasteiger partial charge is 0.497 e. The molecule has 0 atom stereocenters. The van der Waals surface area contributed by atoms with E-state index in [0.29, 0.717) is 35.0 Å². The average molecular weight is 394 g/mol. The van der Waals surface area contributed by atoms with E-state index in [-0.39, 0.29) is 11.5 Å². The number of carbonyl (C=O) groups is 1. The molecule has 1 N–H and O–H groups in total. The van der Waals surface area contributed by atoms with E-state index in [1.165, 1.54) is 30.0 Å². The first kappa shape index (κ1) is 20.0. The molecule has 0 aliphatic carbocycles. The number of aromatic nitrogens is 1. The Bertz CT molecular complexity index is 1070. The van der Waals surface area contributed by atoms with Crippen LogP contribution in [0.4, 0.5) is 5.69 Å². The Hall–Kier alpha value is -3.74. The predicted octanol–water partition coefficient (Wildman–Crippen LogP) is 3.17. The van der Waals surface area contributed by atoms with Crippen LogP contribution in [0.25, 0.3) is 0 Å². The quantitative estimate of drug-likeness (QED) is 0.666. The molecule has 3 aromatic rings. The number of nitrogens with zero attached hydrogens (tertiary/aromatic N) is 1. The van der Waals surface area contributed by atoms with Crippen LogP contribution < -0.4 is 25.1 Å². The Morgan fingerprint density at radius 1 is 0.931 bits per heavy atom. The summed E-state index contributed by atoms with van der Waals surface area (Å²) in [4.78, 5) is 25.0. The third kappa shape index (κ3) is 4.76. The van der Waals surface area contributed by atoms with Crippen molar-refractivity contribution in [2.24, 2.45) is 0 Å². The monoisotopic (exact) mass is 394 g/mol. The van der Waals surface area contributed by atoms with Crippen molar-refractivity contribution in [3.05, 3.63) is 82.3 Å². The van der Waals surface area contributed by atoms with E-state index < -0.39 is 0 Å². The summed E-state index contributed by atoms with van der Waals surface area (Å²) in [6.45, 7) is 0.319. The number of amides is 1. The molecule has 1 heterocycles. The van der Waals surface area contributed by atoms with E-state index in [0.717, 1.165) is 5.56 Å². The van der Waals surface area contributed by atoms with Crippen LogP contribution in [0, 0.1) is 0 Å². The third-order valence-corrected chi connectivity index (χ3v) is 4.39. The van der Waals surface area contributed by atoms with Crippen molar-refractivity contribution in [3.8, 4) is 17.2 Å². The highest BCUT2D eigenvalue weighted by Crippen LogP contribution is 2.29. The van der Waals surface area contributed by atoms with Crippen molar-refractivity contribution >= 4 is 11.6 Å². The lowest BCUT2D eigenvalue weighted by Crippen LogP contribution is -2.22. The van der Waals surface area contributed by atoms with Crippen LogP contribution in [-0.2, 0) is 6.54 Å². The van der Waals surface area contributed by atoms with Gasteiger partial charge in [0.2, 0.25) is 0 Å². The zero-order chi connectivity index (χ0) is 20.8. The smallest absolute Gasteiger partial charge is 0.257 e. The number of benzene rings is 2. The van der Waals surface area contributed by atoms with Crippen LogP contribution in [0.15, 0.2) is 65.6 Å². The van der Waals surface area contributed by atoms with Gasteiger partial charge in [0.1, 0.15) is 17.2 Å². The van der Waals surface area contributed by atoms with Crippen molar-refractivity contribution in [1.82, 2.24) is 4.57 Å². The van der Waals surface area contributed by atoms with Gasteiger partial charge in [-0.25, -0.2) is 0 Å². The maximum absolute atomic E-state index is 12.8. The van der Waals surface area contributed by atoms with Gasteiger partial charge in [-0.05, 0) is 35.9 Å². The van der Waals surface area contributed by atoms with E-state index >= 15 is 0 Å². The van der Waals surface area contributed by atoms with Gasteiger partial charge in [0.25, 0.3) is 11.5 Å². The molecule has 1 amide bonds. The molecule has 0 saturated heterocycles. The van der Waals surface area contributed by atoms with Gasteiger partial charge in [0, 0.05) is 18.3 Å². The second-order valence-corrected chi connectivity index (χ2v) is 6.26. The number of ether oxygens (including phenoxy) is 3. The van der Waals surface area contributed by atoms with Gasteiger partial charge in [0.05, 0.1) is 39.1 Å². The summed E-state index contributed by atoms with van der Waals surface area (Å²) in [5, 5.41) is 2.80. The highest BCUT2D eigenvalue weighted by Gasteiger charge is 2.12. The van der Waals surface area contributed by atoms with Gasteiger partial charge in [-0.2, -0.15) is 0 Å². The average Bonchev–Trinajstić information content (AvgIpc) is 2.75. The lowest BCUT2D eigenvalue weighted by molar-refractivity contribution is 0.102. The van der Waals surface area contributed by atoms with E-state index in [1.54, 1.807) is 32.4 Å². The number of pyridine rings is 1. The fraction of sp³-hybridized carbons (Fsp3) is 0.182. The van der Waals surface area contributed by atoms with Crippen molar-refractivity contribution in [1.29, 1.82) is 0 Å². The van der Waals surface area contributed by atoms with Crippen LogP contribution in [0.3, 0.4) is 0 Å². The van der Waals surface area contributed by atoms with E-state index in [9.17, 15) is 9.59 Å². The molecular formula is C22H22N2O5. The molecule has 0 fully saturated rings. The molecule has 0 aliphatic heterocycles. The van der Waals surface area contributed by atoms with E-state index in [1.807, 2.05) is 24.3 Å². The molecule has 0 saturated carbocycles. The zero-order valence-electron chi connectivity index (χ0n) is 16.5. The van der Waals surface area contributed by atoms with Crippen molar-refractivity contribution < 1.29 is 19.0 Å². The van der Waals surface area contributed by atoms with Crippen LogP contribution in [0.1, 0.15) is 15.9 Å². The Morgan fingerprint density at radius 3 is 2.41 bits per heavy atom. The summed E-state index contributed by atoms with van der Waals surface area (Å²) in [6, 6.07) is 15.4. The van der Waals surface area contributed by atoms with Crippen LogP contribution >= 0.6 is 0 Å². The molecule has 3 rings (SSSR count). The van der Waals surface area contributed by atoms with Gasteiger partial charge >= 0.3 is 0 Å². The second-order valence-electron chi connectivity index (χ2n) is 6.26. The van der Waals surface area contributed by atoms with Crippen molar-refractivity contribution in [3.63, 3.8) is 0 Å². The molecule has 0 aliphatic rings. The molecule has 0 unspecified atom stereocenters. The van der Waals surface area contributed by atoms with Gasteiger partial charge in [-0.15, -0.1) is 0 Å². The number of anilines is 1. The summed E-state index contributed by atoms with van der Waals surface area (Å²) >= 11 is 0. The number of hydrogen-bond acceptors (Lipinski definition) is 5. The number of hydrogen-bond donors (Lipinski definition) is 1. The van der Waals surface area contributed by atoms with Crippen molar-refractivity contribution in [2.75, 3.05) is 26.6 Å². The summed E-state index contributed by atoms with van der Waals surface area (Å²) in [7, 11) is 4.65. The first-order valence-corrected chi connectivity index (χ1v) is 8.91. The molecule has 0 bridgehead atoms. The first-order chi connectivity index (χ1) is 14.0. The topological polar surface area (TPSA) is 78.8 Å². The lowest BCUT2D eigenvalue weighted by Gasteiger charge is -2.13. The maximum Gasteiger partial charge on any atom is 0.257 e. The van der Waals surface area contributed by atoms with Gasteiger partial charge in [-0.1, -0.05) is 12.1 Å². The lowest BCUT2D eigenvalue weighted by atomic mass is 10.2. The molecule has 7 nitrogen and oxygen atoms in total. The minimum Gasteiger partial charge on any atom is -0.497 e. The molecule has 7 heteroatoms. The molecule has 0 radical (unpaired) electrons. The summed E-state index contributed by atoms with van der Waals surface area (Å²) in [5.41, 5.74) is 1.50. The summed E-state index contributed by atoms with van der Waals surface area (Å²) < 4.78 is 17.2. The molecule has 29 heavy (non-hydrogen) atoms. The number of nitrogens with one attached hydrogen (secondary N) is 1. The maximum atomic E-state index is 12.8. The van der Waals surface area contributed by atoms with E-state index in [4.69, 9.17) is 14.2 Å². The number of methoxy groups -OCH3 is 3. The molecule has 0 spiro atoms. The summed E-state index contributed by atoms with van der Waals surface area (Å²) in [5.74, 6) is 1.43. The Labute approximate surface area is 168 Å². The predicted molar refractivity (Wildman–Crippen MR) is 110 cm³/mol. The highest BCUT2D eigenvalue weighted by molar-refractivity contribution is 6.04. The summed E-state index contributed by atoms with van der Waals surface area (Å²) in [6.07, 6.45) is 1.53. The Kier molecular flexibility index (Phi) is 6.19. The second kappa shape index (κ2) is 8.97. The Morgan fingerprint density at radius 2 is 1.69 bits per heavy atom. The van der Waals surface area contributed by atoms with Crippen LogP contribution in [-0.4, -0.2) is 31.8 Å². The zero-order valence-corrected chi connectivity index (χ0v) is 16.5. The molecule has 150 valence electrons. The van der Waals surface area contributed by atoms with Crippen LogP contribution in [0.5, 0.6) is 17.2 Å². The first-order valence-electron chi connectivity index (χ1n) is 8.91. The minimum absolute atomic E-state index is 0.205. The highest BCUT2D eigenvalue weighted by atomic mass is 16.5. The standard InChI is InChI=1S/C22H22N2O5/c1-27-17-6-4-5-15(11-17)13-24-14-16(7-10-21(24)25)22(26)23-19-12-18(28-2)8-9-20(19)29-3/h4-12,14H,13H2,1-3H3,(H,23,26). The minimum atomic E-state index is -0.365. The molecular weight excluding hydrogens is 372 g/mol. The number of carbonyl (C=O) groups excluding carboxylic acids is 1.